The van der Waals surface area contributed by atoms with E-state index in [-0.39, 0.29) is 6.54 Å². The number of nitrogens with zero attached hydrogens (tertiary/aromatic N) is 3. The van der Waals surface area contributed by atoms with Gasteiger partial charge in [-0.25, -0.2) is 8.78 Å². The lowest BCUT2D eigenvalue weighted by molar-refractivity contribution is 0.156. The van der Waals surface area contributed by atoms with Crippen LogP contribution >= 0.6 is 27.3 Å². The summed E-state index contributed by atoms with van der Waals surface area (Å²) < 4.78 is 24.4. The van der Waals surface area contributed by atoms with Gasteiger partial charge in [0.2, 0.25) is 5.13 Å². The molecule has 0 N–H and O–H groups in total. The molecule has 1 heterocycles. The molecule has 0 aromatic carbocycles. The van der Waals surface area contributed by atoms with Gasteiger partial charge < -0.3 is 4.90 Å². The van der Waals surface area contributed by atoms with E-state index in [0.29, 0.717) is 9.05 Å². The van der Waals surface area contributed by atoms with Crippen LogP contribution in [0.2, 0.25) is 0 Å². The van der Waals surface area contributed by atoms with Crippen molar-refractivity contribution in [3.8, 4) is 0 Å². The normalized spacial score (nSPS) is 10.8. The first-order chi connectivity index (χ1) is 5.59. The highest BCUT2D eigenvalue weighted by Gasteiger charge is 2.11. The molecular weight excluding hydrogens is 252 g/mol. The van der Waals surface area contributed by atoms with E-state index in [2.05, 4.69) is 26.1 Å². The second-order valence-corrected chi connectivity index (χ2v) is 4.34. The van der Waals surface area contributed by atoms with E-state index in [1.165, 1.54) is 16.2 Å². The van der Waals surface area contributed by atoms with Crippen molar-refractivity contribution in [2.45, 2.75) is 6.43 Å². The van der Waals surface area contributed by atoms with Crippen molar-refractivity contribution in [2.75, 3.05) is 18.5 Å². The van der Waals surface area contributed by atoms with E-state index >= 15 is 0 Å². The molecule has 1 rings (SSSR count). The van der Waals surface area contributed by atoms with Gasteiger partial charge in [0, 0.05) is 7.05 Å². The van der Waals surface area contributed by atoms with Crippen LogP contribution in [0, 0.1) is 0 Å². The molecule has 0 radical (unpaired) electrons. The molecule has 12 heavy (non-hydrogen) atoms. The largest absolute Gasteiger partial charge is 0.344 e. The predicted molar refractivity (Wildman–Crippen MR) is 46.9 cm³/mol. The van der Waals surface area contributed by atoms with E-state index in [1.54, 1.807) is 7.05 Å². The van der Waals surface area contributed by atoms with Gasteiger partial charge in [-0.3, -0.25) is 0 Å². The van der Waals surface area contributed by atoms with Gasteiger partial charge >= 0.3 is 0 Å². The van der Waals surface area contributed by atoms with Crippen molar-refractivity contribution < 1.29 is 8.78 Å². The zero-order valence-electron chi connectivity index (χ0n) is 6.17. The highest BCUT2D eigenvalue weighted by molar-refractivity contribution is 9.11. The Bertz CT molecular complexity index is 255. The van der Waals surface area contributed by atoms with Crippen LogP contribution in [0.3, 0.4) is 0 Å². The number of halogens is 3. The van der Waals surface area contributed by atoms with Gasteiger partial charge in [-0.1, -0.05) is 11.3 Å². The molecule has 0 aliphatic heterocycles. The lowest BCUT2D eigenvalue weighted by Crippen LogP contribution is -2.23. The lowest BCUT2D eigenvalue weighted by Gasteiger charge is -2.13. The summed E-state index contributed by atoms with van der Waals surface area (Å²) in [5.41, 5.74) is 0. The number of rotatable bonds is 3. The summed E-state index contributed by atoms with van der Waals surface area (Å²) >= 11 is 4.32. The molecule has 0 fully saturated rings. The first-order valence-electron chi connectivity index (χ1n) is 3.08. The predicted octanol–water partition coefficient (Wildman–Crippen LogP) is 2.00. The molecule has 1 aromatic rings. The Balaban J connectivity index is 2.58. The Hall–Kier alpha value is -0.300. The Morgan fingerprint density at radius 3 is 2.67 bits per heavy atom. The smallest absolute Gasteiger partial charge is 0.255 e. The first-order valence-corrected chi connectivity index (χ1v) is 4.69. The van der Waals surface area contributed by atoms with Crippen molar-refractivity contribution in [1.29, 1.82) is 0 Å². The second-order valence-electron chi connectivity index (χ2n) is 2.11. The fraction of sp³-hybridized carbons (Fsp3) is 0.600. The molecule has 1 aromatic heterocycles. The molecule has 0 amide bonds. The third-order valence-corrected chi connectivity index (χ3v) is 2.60. The molecule has 0 bridgehead atoms. The summed E-state index contributed by atoms with van der Waals surface area (Å²) in [6.07, 6.45) is -2.35. The Kier molecular flexibility index (Phi) is 3.33. The molecule has 0 saturated heterocycles. The van der Waals surface area contributed by atoms with Gasteiger partial charge in [0.15, 0.2) is 3.92 Å². The minimum atomic E-state index is -2.35. The minimum absolute atomic E-state index is 0.318. The Morgan fingerprint density at radius 2 is 2.25 bits per heavy atom. The summed E-state index contributed by atoms with van der Waals surface area (Å²) in [5, 5.41) is 7.81. The fourth-order valence-corrected chi connectivity index (χ4v) is 1.70. The molecule has 0 spiro atoms. The number of hydrogen-bond donors (Lipinski definition) is 0. The van der Waals surface area contributed by atoms with Crippen LogP contribution in [0.25, 0.3) is 0 Å². The average molecular weight is 258 g/mol. The zero-order chi connectivity index (χ0) is 9.14. The maximum Gasteiger partial charge on any atom is 0.255 e. The fourth-order valence-electron chi connectivity index (χ4n) is 0.638. The van der Waals surface area contributed by atoms with Crippen molar-refractivity contribution in [1.82, 2.24) is 10.2 Å². The molecule has 0 unspecified atom stereocenters. The van der Waals surface area contributed by atoms with Crippen LogP contribution in [-0.2, 0) is 0 Å². The van der Waals surface area contributed by atoms with Crippen LogP contribution in [0.5, 0.6) is 0 Å². The van der Waals surface area contributed by atoms with Crippen LogP contribution in [0.1, 0.15) is 0 Å². The number of anilines is 1. The van der Waals surface area contributed by atoms with Crippen molar-refractivity contribution >= 4 is 32.4 Å². The highest BCUT2D eigenvalue weighted by atomic mass is 79.9. The van der Waals surface area contributed by atoms with E-state index in [9.17, 15) is 8.78 Å². The third kappa shape index (κ3) is 2.63. The quantitative estimate of drug-likeness (QED) is 0.830. The van der Waals surface area contributed by atoms with Gasteiger partial charge in [0.1, 0.15) is 0 Å². The second kappa shape index (κ2) is 4.08. The molecular formula is C5H6BrF2N3S. The maximum atomic E-state index is 11.9. The average Bonchev–Trinajstić information content (AvgIpc) is 2.34. The third-order valence-electron chi connectivity index (χ3n) is 1.13. The van der Waals surface area contributed by atoms with E-state index in [4.69, 9.17) is 0 Å². The topological polar surface area (TPSA) is 29.0 Å². The SMILES string of the molecule is CN(CC(F)F)c1nnc(Br)s1. The molecule has 3 nitrogen and oxygen atoms in total. The van der Waals surface area contributed by atoms with Crippen molar-refractivity contribution in [3.63, 3.8) is 0 Å². The van der Waals surface area contributed by atoms with Crippen molar-refractivity contribution in [3.05, 3.63) is 3.92 Å². The van der Waals surface area contributed by atoms with Crippen LogP contribution in [0.15, 0.2) is 3.92 Å². The van der Waals surface area contributed by atoms with Gasteiger partial charge in [0.05, 0.1) is 6.54 Å². The van der Waals surface area contributed by atoms with Crippen LogP contribution in [0.4, 0.5) is 13.9 Å². The van der Waals surface area contributed by atoms with Crippen LogP contribution in [-0.4, -0.2) is 30.2 Å². The Morgan fingerprint density at radius 1 is 1.58 bits per heavy atom. The lowest BCUT2D eigenvalue weighted by atomic mass is 10.6. The zero-order valence-corrected chi connectivity index (χ0v) is 8.57. The summed E-state index contributed by atoms with van der Waals surface area (Å²) in [6, 6.07) is 0. The van der Waals surface area contributed by atoms with Crippen LogP contribution < -0.4 is 4.90 Å². The van der Waals surface area contributed by atoms with E-state index < -0.39 is 6.43 Å². The molecule has 0 atom stereocenters. The Labute approximate surface area is 80.5 Å². The van der Waals surface area contributed by atoms with E-state index in [0.717, 1.165) is 0 Å². The maximum absolute atomic E-state index is 11.9. The number of hydrogen-bond acceptors (Lipinski definition) is 4. The minimum Gasteiger partial charge on any atom is -0.344 e. The van der Waals surface area contributed by atoms with E-state index in [1.807, 2.05) is 0 Å². The highest BCUT2D eigenvalue weighted by Crippen LogP contribution is 2.23. The molecule has 0 aliphatic carbocycles. The molecule has 68 valence electrons. The summed E-state index contributed by atoms with van der Waals surface area (Å²) in [6.45, 7) is -0.318. The summed E-state index contributed by atoms with van der Waals surface area (Å²) in [7, 11) is 1.55. The number of aromatic nitrogens is 2. The standard InChI is InChI=1S/C5H6BrF2N3S/c1-11(2-3(7)8)5-10-9-4(6)12-5/h3H,2H2,1H3. The number of alkyl halides is 2. The summed E-state index contributed by atoms with van der Waals surface area (Å²) in [4.78, 5) is 1.37. The van der Waals surface area contributed by atoms with Gasteiger partial charge in [-0.05, 0) is 15.9 Å². The summed E-state index contributed by atoms with van der Waals surface area (Å²) in [5.74, 6) is 0. The van der Waals surface area contributed by atoms with Gasteiger partial charge in [0.25, 0.3) is 6.43 Å². The molecule has 0 saturated carbocycles. The van der Waals surface area contributed by atoms with Crippen molar-refractivity contribution in [2.24, 2.45) is 0 Å². The molecule has 7 heteroatoms. The monoisotopic (exact) mass is 257 g/mol. The van der Waals surface area contributed by atoms with Gasteiger partial charge in [-0.15, -0.1) is 10.2 Å². The van der Waals surface area contributed by atoms with Gasteiger partial charge in [-0.2, -0.15) is 0 Å². The first kappa shape index (κ1) is 9.79. The molecule has 0 aliphatic rings.